The molecule has 0 saturated carbocycles. The molecule has 0 fully saturated rings. The molecule has 2 aromatic carbocycles. The van der Waals surface area contributed by atoms with Gasteiger partial charge in [0.05, 0.1) is 11.9 Å². The Balaban J connectivity index is 1.92. The van der Waals surface area contributed by atoms with Gasteiger partial charge < -0.3 is 5.11 Å². The highest BCUT2D eigenvalue weighted by Gasteiger charge is 2.21. The van der Waals surface area contributed by atoms with E-state index in [1.807, 2.05) is 12.1 Å². The van der Waals surface area contributed by atoms with E-state index in [1.54, 1.807) is 31.2 Å². The number of carboxylic acid groups (broad SMARTS) is 1. The maximum atomic E-state index is 13.7. The number of carboxylic acids is 1. The van der Waals surface area contributed by atoms with Crippen LogP contribution in [0, 0.1) is 12.7 Å². The second kappa shape index (κ2) is 8.01. The van der Waals surface area contributed by atoms with Crippen LogP contribution in [-0.2, 0) is 13.0 Å². The molecule has 0 aliphatic carbocycles. The zero-order chi connectivity index (χ0) is 21.4. The zero-order valence-corrected chi connectivity index (χ0v) is 17.4. The highest BCUT2D eigenvalue weighted by Crippen LogP contribution is 2.28. The lowest BCUT2D eigenvalue weighted by atomic mass is 10.1. The van der Waals surface area contributed by atoms with Gasteiger partial charge in [0.2, 0.25) is 0 Å². The minimum absolute atomic E-state index is 0.0896. The second-order valence-electron chi connectivity index (χ2n) is 6.90. The molecule has 0 bridgehead atoms. The Morgan fingerprint density at radius 3 is 2.63 bits per heavy atom. The van der Waals surface area contributed by atoms with Crippen LogP contribution in [0.1, 0.15) is 32.2 Å². The van der Waals surface area contributed by atoms with Gasteiger partial charge in [-0.25, -0.2) is 14.2 Å². The molecular weight excluding hydrogens is 427 g/mol. The third-order valence-electron chi connectivity index (χ3n) is 4.80. The first-order valence-corrected chi connectivity index (χ1v) is 10.3. The highest BCUT2D eigenvalue weighted by molar-refractivity contribution is 7.20. The summed E-state index contributed by atoms with van der Waals surface area (Å²) in [5.41, 5.74) is 1.51. The number of thiophene rings is 1. The van der Waals surface area contributed by atoms with E-state index in [-0.39, 0.29) is 22.4 Å². The molecule has 30 heavy (non-hydrogen) atoms. The first kappa shape index (κ1) is 20.3. The van der Waals surface area contributed by atoms with Gasteiger partial charge in [-0.05, 0) is 47.9 Å². The molecule has 0 saturated heterocycles. The topological polar surface area (TPSA) is 72.2 Å². The fourth-order valence-electron chi connectivity index (χ4n) is 3.41. The smallest absolute Gasteiger partial charge is 0.346 e. The molecule has 2 heterocycles. The van der Waals surface area contributed by atoms with Crippen molar-refractivity contribution in [2.24, 2.45) is 0 Å². The molecule has 0 radical (unpaired) electrons. The summed E-state index contributed by atoms with van der Waals surface area (Å²) in [5.74, 6) is -1.04. The van der Waals surface area contributed by atoms with Crippen molar-refractivity contribution in [1.29, 1.82) is 0 Å². The highest BCUT2D eigenvalue weighted by atomic mass is 35.5. The molecule has 8 heteroatoms. The number of aryl methyl sites for hydroxylation is 1. The van der Waals surface area contributed by atoms with Crippen LogP contribution in [0.15, 0.2) is 53.3 Å². The van der Waals surface area contributed by atoms with Gasteiger partial charge in [-0.2, -0.15) is 0 Å². The van der Waals surface area contributed by atoms with Crippen LogP contribution in [0.4, 0.5) is 4.39 Å². The molecule has 0 aliphatic heterocycles. The van der Waals surface area contributed by atoms with Gasteiger partial charge in [-0.15, -0.1) is 11.3 Å². The normalized spacial score (nSPS) is 11.2. The Hall–Kier alpha value is -3.03. The number of nitrogens with zero attached hydrogens (tertiary/aromatic N) is 2. The van der Waals surface area contributed by atoms with E-state index in [4.69, 9.17) is 11.6 Å². The van der Waals surface area contributed by atoms with Gasteiger partial charge in [0.15, 0.2) is 0 Å². The molecule has 0 spiro atoms. The van der Waals surface area contributed by atoms with Crippen molar-refractivity contribution < 1.29 is 14.3 Å². The van der Waals surface area contributed by atoms with E-state index in [1.165, 1.54) is 16.7 Å². The van der Waals surface area contributed by atoms with Crippen LogP contribution in [0.25, 0.3) is 10.2 Å². The minimum Gasteiger partial charge on any atom is -0.477 e. The number of halogens is 2. The van der Waals surface area contributed by atoms with Crippen LogP contribution < -0.4 is 5.56 Å². The quantitative estimate of drug-likeness (QED) is 0.477. The summed E-state index contributed by atoms with van der Waals surface area (Å²) in [6, 6.07) is 13.2. The van der Waals surface area contributed by atoms with E-state index in [2.05, 4.69) is 4.98 Å². The van der Waals surface area contributed by atoms with Crippen molar-refractivity contribution >= 4 is 39.1 Å². The largest absolute Gasteiger partial charge is 0.477 e. The SMILES string of the molecule is Cc1c(C(=O)O)sc2nc(Cc3cccc(Cl)c3)n(Cc3cccc(F)c3)c(=O)c12. The van der Waals surface area contributed by atoms with Crippen molar-refractivity contribution in [3.8, 4) is 0 Å². The summed E-state index contributed by atoms with van der Waals surface area (Å²) in [5, 5.41) is 10.3. The Morgan fingerprint density at radius 2 is 1.93 bits per heavy atom. The number of aromatic carboxylic acids is 1. The van der Waals surface area contributed by atoms with Crippen LogP contribution in [0.3, 0.4) is 0 Å². The molecule has 2 aromatic heterocycles. The third kappa shape index (κ3) is 3.86. The third-order valence-corrected chi connectivity index (χ3v) is 6.21. The van der Waals surface area contributed by atoms with Crippen molar-refractivity contribution in [2.75, 3.05) is 0 Å². The lowest BCUT2D eigenvalue weighted by Gasteiger charge is -2.13. The zero-order valence-electron chi connectivity index (χ0n) is 15.9. The van der Waals surface area contributed by atoms with E-state index in [9.17, 15) is 19.1 Å². The Morgan fingerprint density at radius 1 is 1.20 bits per heavy atom. The molecule has 4 aromatic rings. The van der Waals surface area contributed by atoms with Crippen LogP contribution in [0.5, 0.6) is 0 Å². The number of hydrogen-bond donors (Lipinski definition) is 1. The summed E-state index contributed by atoms with van der Waals surface area (Å²) in [6.07, 6.45) is 0.320. The van der Waals surface area contributed by atoms with E-state index in [0.717, 1.165) is 16.9 Å². The van der Waals surface area contributed by atoms with Crippen molar-refractivity contribution in [3.05, 3.63) is 97.1 Å². The Bertz CT molecular complexity index is 1350. The average Bonchev–Trinajstić information content (AvgIpc) is 3.02. The first-order valence-electron chi connectivity index (χ1n) is 9.08. The van der Waals surface area contributed by atoms with Gasteiger partial charge >= 0.3 is 5.97 Å². The van der Waals surface area contributed by atoms with Crippen molar-refractivity contribution in [1.82, 2.24) is 9.55 Å². The van der Waals surface area contributed by atoms with Gasteiger partial charge in [-0.3, -0.25) is 9.36 Å². The van der Waals surface area contributed by atoms with Crippen LogP contribution in [0.2, 0.25) is 5.02 Å². The summed E-state index contributed by atoms with van der Waals surface area (Å²) >= 11 is 7.07. The second-order valence-corrected chi connectivity index (χ2v) is 8.33. The maximum absolute atomic E-state index is 13.7. The summed E-state index contributed by atoms with van der Waals surface area (Å²) in [7, 11) is 0. The molecule has 0 unspecified atom stereocenters. The van der Waals surface area contributed by atoms with Gasteiger partial charge in [0.1, 0.15) is 21.3 Å². The number of benzene rings is 2. The standard InChI is InChI=1S/C22H16ClFN2O3S/c1-12-18-20(30-19(12)22(28)29)25-17(10-13-4-2-6-15(23)8-13)26(21(18)27)11-14-5-3-7-16(24)9-14/h2-9H,10-11H2,1H3,(H,28,29). The van der Waals surface area contributed by atoms with Gasteiger partial charge in [0.25, 0.3) is 5.56 Å². The summed E-state index contributed by atoms with van der Waals surface area (Å²) < 4.78 is 15.2. The molecule has 1 N–H and O–H groups in total. The van der Waals surface area contributed by atoms with E-state index in [0.29, 0.717) is 33.2 Å². The molecule has 4 rings (SSSR count). The maximum Gasteiger partial charge on any atom is 0.346 e. The molecule has 152 valence electrons. The molecule has 0 atom stereocenters. The summed E-state index contributed by atoms with van der Waals surface area (Å²) in [4.78, 5) is 30.0. The lowest BCUT2D eigenvalue weighted by molar-refractivity contribution is 0.0701. The van der Waals surface area contributed by atoms with E-state index >= 15 is 0 Å². The minimum atomic E-state index is -1.09. The van der Waals surface area contributed by atoms with Crippen molar-refractivity contribution in [2.45, 2.75) is 19.9 Å². The van der Waals surface area contributed by atoms with Crippen LogP contribution in [-0.4, -0.2) is 20.6 Å². The molecule has 0 aliphatic rings. The fraction of sp³-hybridized carbons (Fsp3) is 0.136. The van der Waals surface area contributed by atoms with Gasteiger partial charge in [0, 0.05) is 11.4 Å². The predicted octanol–water partition coefficient (Wildman–Crippen LogP) is 4.90. The number of fused-ring (bicyclic) bond motifs is 1. The van der Waals surface area contributed by atoms with Gasteiger partial charge in [-0.1, -0.05) is 35.9 Å². The summed E-state index contributed by atoms with van der Waals surface area (Å²) in [6.45, 7) is 1.72. The predicted molar refractivity (Wildman–Crippen MR) is 115 cm³/mol. The first-order chi connectivity index (χ1) is 14.3. The van der Waals surface area contributed by atoms with Crippen LogP contribution >= 0.6 is 22.9 Å². The Kier molecular flexibility index (Phi) is 5.40. The number of carbonyl (C=O) groups is 1. The Labute approximate surface area is 180 Å². The average molecular weight is 443 g/mol. The lowest BCUT2D eigenvalue weighted by Crippen LogP contribution is -2.26. The molecular formula is C22H16ClFN2O3S. The number of rotatable bonds is 5. The van der Waals surface area contributed by atoms with Crippen molar-refractivity contribution in [3.63, 3.8) is 0 Å². The molecule has 0 amide bonds. The molecule has 5 nitrogen and oxygen atoms in total. The number of aromatic nitrogens is 2. The van der Waals surface area contributed by atoms with E-state index < -0.39 is 11.8 Å². The fourth-order valence-corrected chi connectivity index (χ4v) is 4.65. The number of hydrogen-bond acceptors (Lipinski definition) is 4. The monoisotopic (exact) mass is 442 g/mol.